The van der Waals surface area contributed by atoms with E-state index >= 15 is 0 Å². The number of aryl methyl sites for hydroxylation is 1. The summed E-state index contributed by atoms with van der Waals surface area (Å²) in [7, 11) is 0. The zero-order valence-electron chi connectivity index (χ0n) is 12.8. The van der Waals surface area contributed by atoms with E-state index in [4.69, 9.17) is 4.74 Å². The molecule has 110 valence electrons. The minimum absolute atomic E-state index is 0.347. The molecule has 0 aliphatic heterocycles. The molecule has 2 nitrogen and oxygen atoms in total. The van der Waals surface area contributed by atoms with Crippen molar-refractivity contribution in [1.82, 2.24) is 0 Å². The quantitative estimate of drug-likeness (QED) is 0.272. The van der Waals surface area contributed by atoms with Crippen LogP contribution in [0.2, 0.25) is 0 Å². The van der Waals surface area contributed by atoms with Gasteiger partial charge in [0.25, 0.3) is 0 Å². The van der Waals surface area contributed by atoms with Crippen molar-refractivity contribution in [3.05, 3.63) is 42.0 Å². The van der Waals surface area contributed by atoms with Crippen LogP contribution in [0.5, 0.6) is 5.75 Å². The molecule has 0 saturated heterocycles. The Kier molecular flexibility index (Phi) is 7.71. The van der Waals surface area contributed by atoms with Gasteiger partial charge in [-0.25, -0.2) is 4.79 Å². The third-order valence-corrected chi connectivity index (χ3v) is 3.32. The maximum absolute atomic E-state index is 11.6. The lowest BCUT2D eigenvalue weighted by molar-refractivity contribution is -0.130. The summed E-state index contributed by atoms with van der Waals surface area (Å²) in [4.78, 5) is 11.6. The molecule has 0 bridgehead atoms. The Hall–Kier alpha value is -1.57. The van der Waals surface area contributed by atoms with Gasteiger partial charge in [-0.15, -0.1) is 0 Å². The molecule has 0 N–H and O–H groups in total. The van der Waals surface area contributed by atoms with Crippen LogP contribution >= 0.6 is 0 Å². The Morgan fingerprint density at radius 1 is 1.10 bits per heavy atom. The van der Waals surface area contributed by atoms with E-state index in [-0.39, 0.29) is 5.97 Å². The van der Waals surface area contributed by atoms with Gasteiger partial charge in [0.2, 0.25) is 0 Å². The summed E-state index contributed by atoms with van der Waals surface area (Å²) < 4.78 is 5.36. The highest BCUT2D eigenvalue weighted by Gasteiger charge is 2.09. The van der Waals surface area contributed by atoms with Crippen molar-refractivity contribution < 1.29 is 9.53 Å². The molecular weight excluding hydrogens is 248 g/mol. The first kappa shape index (κ1) is 16.5. The third-order valence-electron chi connectivity index (χ3n) is 3.32. The van der Waals surface area contributed by atoms with Gasteiger partial charge in [-0.3, -0.25) is 0 Å². The molecule has 0 fully saturated rings. The molecule has 0 saturated carbocycles. The normalized spacial score (nSPS) is 10.3. The molecule has 0 spiro atoms. The fourth-order valence-corrected chi connectivity index (χ4v) is 2.09. The topological polar surface area (TPSA) is 26.3 Å². The Morgan fingerprint density at radius 2 is 1.75 bits per heavy atom. The van der Waals surface area contributed by atoms with Crippen LogP contribution in [-0.2, 0) is 11.2 Å². The van der Waals surface area contributed by atoms with E-state index in [2.05, 4.69) is 13.5 Å². The zero-order valence-corrected chi connectivity index (χ0v) is 12.8. The highest BCUT2D eigenvalue weighted by molar-refractivity contribution is 5.88. The van der Waals surface area contributed by atoms with Gasteiger partial charge in [0.15, 0.2) is 0 Å². The summed E-state index contributed by atoms with van der Waals surface area (Å²) >= 11 is 0. The third kappa shape index (κ3) is 6.05. The summed E-state index contributed by atoms with van der Waals surface area (Å²) in [6, 6.07) is 7.77. The van der Waals surface area contributed by atoms with E-state index in [1.54, 1.807) is 6.92 Å². The fourth-order valence-electron chi connectivity index (χ4n) is 2.09. The highest BCUT2D eigenvalue weighted by atomic mass is 16.5. The standard InChI is InChI=1S/C18H26O2/c1-4-5-6-7-8-9-12-16-13-10-11-14-17(16)20-18(19)15(2)3/h10-11,13-14H,2,4-9,12H2,1,3H3. The van der Waals surface area contributed by atoms with Gasteiger partial charge in [0.05, 0.1) is 0 Å². The number of hydrogen-bond donors (Lipinski definition) is 0. The van der Waals surface area contributed by atoms with Crippen LogP contribution < -0.4 is 4.74 Å². The molecule has 2 heteroatoms. The van der Waals surface area contributed by atoms with E-state index in [0.717, 1.165) is 18.4 Å². The first-order valence-corrected chi connectivity index (χ1v) is 7.60. The number of esters is 1. The zero-order chi connectivity index (χ0) is 14.8. The number of rotatable bonds is 9. The van der Waals surface area contributed by atoms with Gasteiger partial charge < -0.3 is 4.74 Å². The van der Waals surface area contributed by atoms with E-state index in [0.29, 0.717) is 11.3 Å². The summed E-state index contributed by atoms with van der Waals surface area (Å²) in [6.07, 6.45) is 8.57. The highest BCUT2D eigenvalue weighted by Crippen LogP contribution is 2.21. The molecule has 20 heavy (non-hydrogen) atoms. The Bertz CT molecular complexity index is 435. The lowest BCUT2D eigenvalue weighted by atomic mass is 10.0. The lowest BCUT2D eigenvalue weighted by Crippen LogP contribution is -2.09. The molecule has 0 unspecified atom stereocenters. The van der Waals surface area contributed by atoms with E-state index < -0.39 is 0 Å². The SMILES string of the molecule is C=C(C)C(=O)Oc1ccccc1CCCCCCCC. The molecular formula is C18H26O2. The molecule has 1 rings (SSSR count). The summed E-state index contributed by atoms with van der Waals surface area (Å²) in [5.74, 6) is 0.328. The minimum Gasteiger partial charge on any atom is -0.423 e. The number of carbonyl (C=O) groups is 1. The van der Waals surface area contributed by atoms with Crippen molar-refractivity contribution in [2.45, 2.75) is 58.8 Å². The van der Waals surface area contributed by atoms with Crippen LogP contribution in [0.25, 0.3) is 0 Å². The van der Waals surface area contributed by atoms with Crippen LogP contribution in [0.15, 0.2) is 36.4 Å². The molecule has 0 amide bonds. The van der Waals surface area contributed by atoms with E-state index in [1.807, 2.05) is 24.3 Å². The maximum atomic E-state index is 11.6. The van der Waals surface area contributed by atoms with Gasteiger partial charge in [0, 0.05) is 5.57 Å². The number of ether oxygens (including phenoxy) is 1. The second-order valence-electron chi connectivity index (χ2n) is 5.30. The van der Waals surface area contributed by atoms with E-state index in [9.17, 15) is 4.79 Å². The fraction of sp³-hybridized carbons (Fsp3) is 0.500. The van der Waals surface area contributed by atoms with Crippen LogP contribution in [0.4, 0.5) is 0 Å². The molecule has 0 atom stereocenters. The maximum Gasteiger partial charge on any atom is 0.338 e. The van der Waals surface area contributed by atoms with Crippen molar-refractivity contribution >= 4 is 5.97 Å². The predicted octanol–water partition coefficient (Wildman–Crippen LogP) is 5.07. The predicted molar refractivity (Wildman–Crippen MR) is 84.0 cm³/mol. The van der Waals surface area contributed by atoms with Crippen LogP contribution in [-0.4, -0.2) is 5.97 Å². The second kappa shape index (κ2) is 9.35. The minimum atomic E-state index is -0.347. The van der Waals surface area contributed by atoms with Crippen molar-refractivity contribution in [1.29, 1.82) is 0 Å². The van der Waals surface area contributed by atoms with Crippen molar-refractivity contribution in [2.75, 3.05) is 0 Å². The summed E-state index contributed by atoms with van der Waals surface area (Å²) in [5, 5.41) is 0. The van der Waals surface area contributed by atoms with E-state index in [1.165, 1.54) is 32.1 Å². The molecule has 0 aliphatic rings. The molecule has 1 aromatic rings. The number of benzene rings is 1. The first-order chi connectivity index (χ1) is 9.65. The molecule has 1 aromatic carbocycles. The van der Waals surface area contributed by atoms with Gasteiger partial charge in [0.1, 0.15) is 5.75 Å². The van der Waals surface area contributed by atoms with Gasteiger partial charge in [-0.05, 0) is 31.4 Å². The first-order valence-electron chi connectivity index (χ1n) is 7.60. The monoisotopic (exact) mass is 274 g/mol. The second-order valence-corrected chi connectivity index (χ2v) is 5.30. The van der Waals surface area contributed by atoms with Gasteiger partial charge in [-0.2, -0.15) is 0 Å². The van der Waals surface area contributed by atoms with Crippen LogP contribution in [0, 0.1) is 0 Å². The molecule has 0 aromatic heterocycles. The van der Waals surface area contributed by atoms with Crippen LogP contribution in [0.3, 0.4) is 0 Å². The van der Waals surface area contributed by atoms with Crippen molar-refractivity contribution in [3.8, 4) is 5.75 Å². The van der Waals surface area contributed by atoms with Crippen LogP contribution in [0.1, 0.15) is 57.9 Å². The summed E-state index contributed by atoms with van der Waals surface area (Å²) in [6.45, 7) is 7.50. The van der Waals surface area contributed by atoms with Gasteiger partial charge in [-0.1, -0.05) is 63.8 Å². The molecule has 0 heterocycles. The molecule has 0 radical (unpaired) electrons. The smallest absolute Gasteiger partial charge is 0.338 e. The Morgan fingerprint density at radius 3 is 2.45 bits per heavy atom. The number of unbranched alkanes of at least 4 members (excludes halogenated alkanes) is 5. The summed E-state index contributed by atoms with van der Waals surface area (Å²) in [5.41, 5.74) is 1.54. The Labute approximate surface area is 122 Å². The van der Waals surface area contributed by atoms with Gasteiger partial charge >= 0.3 is 5.97 Å². The largest absolute Gasteiger partial charge is 0.423 e. The lowest BCUT2D eigenvalue weighted by Gasteiger charge is -2.09. The number of hydrogen-bond acceptors (Lipinski definition) is 2. The van der Waals surface area contributed by atoms with Crippen molar-refractivity contribution in [2.24, 2.45) is 0 Å². The molecule has 0 aliphatic carbocycles. The number of para-hydroxylation sites is 1. The average Bonchev–Trinajstić information content (AvgIpc) is 2.44. The van der Waals surface area contributed by atoms with Crippen molar-refractivity contribution in [3.63, 3.8) is 0 Å². The average molecular weight is 274 g/mol. The number of carbonyl (C=O) groups excluding carboxylic acids is 1. The Balaban J connectivity index is 2.45.